The van der Waals surface area contributed by atoms with E-state index in [0.717, 1.165) is 0 Å². The number of hydrogen-bond acceptors (Lipinski definition) is 18. The van der Waals surface area contributed by atoms with Gasteiger partial charge in [-0.1, -0.05) is 13.8 Å². The average molecular weight is 677 g/mol. The highest BCUT2D eigenvalue weighted by Gasteiger charge is 2.48. The molecule has 0 aliphatic carbocycles. The van der Waals surface area contributed by atoms with Crippen LogP contribution in [0.15, 0.2) is 0 Å². The van der Waals surface area contributed by atoms with E-state index in [-0.39, 0.29) is 6.61 Å². The first-order valence-electron chi connectivity index (χ1n) is 15.5. The minimum absolute atomic E-state index is 0.280. The van der Waals surface area contributed by atoms with Crippen molar-refractivity contribution in [1.29, 1.82) is 0 Å². The lowest BCUT2D eigenvalue weighted by Crippen LogP contribution is -2.61. The molecule has 3 rings (SSSR count). The van der Waals surface area contributed by atoms with Gasteiger partial charge in [0.2, 0.25) is 0 Å². The lowest BCUT2D eigenvalue weighted by atomic mass is 9.93. The normalized spacial score (nSPS) is 44.8. The van der Waals surface area contributed by atoms with Crippen LogP contribution in [0.4, 0.5) is 0 Å². The van der Waals surface area contributed by atoms with Crippen molar-refractivity contribution < 1.29 is 89.3 Å². The van der Waals surface area contributed by atoms with Crippen molar-refractivity contribution in [3.8, 4) is 0 Å². The highest BCUT2D eigenvalue weighted by atomic mass is 16.7. The summed E-state index contributed by atoms with van der Waals surface area (Å²) in [7, 11) is 0. The Morgan fingerprint density at radius 1 is 0.630 bits per heavy atom. The van der Waals surface area contributed by atoms with Crippen molar-refractivity contribution in [2.24, 2.45) is 5.92 Å². The fourth-order valence-corrected chi connectivity index (χ4v) is 5.55. The molecule has 0 saturated carbocycles. The second-order valence-electron chi connectivity index (χ2n) is 12.1. The Balaban J connectivity index is 1.80. The van der Waals surface area contributed by atoms with Crippen LogP contribution in [0.5, 0.6) is 0 Å². The fourth-order valence-electron chi connectivity index (χ4n) is 5.55. The molecule has 8 unspecified atom stereocenters. The van der Waals surface area contributed by atoms with Gasteiger partial charge >= 0.3 is 0 Å². The highest BCUT2D eigenvalue weighted by molar-refractivity contribution is 4.94. The molecule has 0 bridgehead atoms. The second-order valence-corrected chi connectivity index (χ2v) is 12.1. The van der Waals surface area contributed by atoms with Crippen molar-refractivity contribution in [3.63, 3.8) is 0 Å². The molecule has 0 amide bonds. The van der Waals surface area contributed by atoms with E-state index < -0.39 is 136 Å². The summed E-state index contributed by atoms with van der Waals surface area (Å²) in [6.45, 7) is 3.96. The Labute approximate surface area is 266 Å². The number of hydrogen-bond donors (Lipinski definition) is 11. The van der Waals surface area contributed by atoms with Gasteiger partial charge in [-0.25, -0.2) is 0 Å². The summed E-state index contributed by atoms with van der Waals surface area (Å²) in [4.78, 5) is 0. The molecule has 11 N–H and O–H groups in total. The summed E-state index contributed by atoms with van der Waals surface area (Å²) in [5.41, 5.74) is 0. The first-order valence-corrected chi connectivity index (χ1v) is 15.5. The fraction of sp³-hybridized carbons (Fsp3) is 1.00. The zero-order chi connectivity index (χ0) is 34.5. The molecule has 0 radical (unpaired) electrons. The first kappa shape index (κ1) is 39.7. The summed E-state index contributed by atoms with van der Waals surface area (Å²) < 4.78 is 40.0. The summed E-state index contributed by atoms with van der Waals surface area (Å²) in [6, 6.07) is 0. The summed E-state index contributed by atoms with van der Waals surface area (Å²) in [6.07, 6.45) is -24.3. The molecular formula is C28H52O18. The molecule has 0 aromatic carbocycles. The Morgan fingerprint density at radius 2 is 1.20 bits per heavy atom. The van der Waals surface area contributed by atoms with Gasteiger partial charge in [0.25, 0.3) is 0 Å². The van der Waals surface area contributed by atoms with Crippen LogP contribution in [-0.4, -0.2) is 193 Å². The number of rotatable bonds is 15. The van der Waals surface area contributed by atoms with E-state index in [1.165, 1.54) is 13.8 Å². The van der Waals surface area contributed by atoms with Crippen LogP contribution in [0, 0.1) is 5.92 Å². The van der Waals surface area contributed by atoms with Crippen LogP contribution < -0.4 is 0 Å². The van der Waals surface area contributed by atoms with Gasteiger partial charge in [0.15, 0.2) is 18.9 Å². The molecule has 3 saturated heterocycles. The van der Waals surface area contributed by atoms with Crippen LogP contribution in [0.25, 0.3) is 0 Å². The third kappa shape index (κ3) is 9.09. The third-order valence-electron chi connectivity index (χ3n) is 8.66. The first-order chi connectivity index (χ1) is 21.7. The molecule has 3 aliphatic heterocycles. The smallest absolute Gasteiger partial charge is 0.187 e. The number of ether oxygens (including phenoxy) is 7. The second kappa shape index (κ2) is 17.8. The summed E-state index contributed by atoms with van der Waals surface area (Å²) in [5, 5.41) is 112. The molecule has 18 heteroatoms. The van der Waals surface area contributed by atoms with E-state index in [1.54, 1.807) is 13.8 Å². The molecule has 46 heavy (non-hydrogen) atoms. The molecule has 0 spiro atoms. The van der Waals surface area contributed by atoms with Gasteiger partial charge in [0.05, 0.1) is 44.7 Å². The minimum Gasteiger partial charge on any atom is -0.394 e. The molecule has 3 fully saturated rings. The monoisotopic (exact) mass is 676 g/mol. The molecule has 0 aromatic heterocycles. The van der Waals surface area contributed by atoms with Crippen LogP contribution in [-0.2, 0) is 33.2 Å². The predicted octanol–water partition coefficient (Wildman–Crippen LogP) is -5.35. The van der Waals surface area contributed by atoms with Gasteiger partial charge in [-0.3, -0.25) is 0 Å². The van der Waals surface area contributed by atoms with Crippen LogP contribution in [0.1, 0.15) is 34.1 Å². The molecule has 19 atom stereocenters. The molecule has 272 valence electrons. The zero-order valence-corrected chi connectivity index (χ0v) is 26.3. The van der Waals surface area contributed by atoms with Crippen molar-refractivity contribution in [1.82, 2.24) is 0 Å². The quantitative estimate of drug-likeness (QED) is 0.0722. The molecule has 3 aliphatic rings. The van der Waals surface area contributed by atoms with Crippen molar-refractivity contribution >= 4 is 0 Å². The molecular weight excluding hydrogens is 624 g/mol. The van der Waals surface area contributed by atoms with E-state index in [2.05, 4.69) is 0 Å². The van der Waals surface area contributed by atoms with E-state index in [4.69, 9.17) is 33.2 Å². The van der Waals surface area contributed by atoms with Gasteiger partial charge in [-0.15, -0.1) is 0 Å². The van der Waals surface area contributed by atoms with Crippen molar-refractivity contribution in [2.45, 2.75) is 145 Å². The van der Waals surface area contributed by atoms with Crippen molar-refractivity contribution in [3.05, 3.63) is 0 Å². The maximum absolute atomic E-state index is 11.0. The minimum atomic E-state index is -1.73. The Bertz CT molecular complexity index is 869. The van der Waals surface area contributed by atoms with E-state index >= 15 is 0 Å². The van der Waals surface area contributed by atoms with Crippen LogP contribution in [0.2, 0.25) is 0 Å². The van der Waals surface area contributed by atoms with Crippen molar-refractivity contribution in [2.75, 3.05) is 26.4 Å². The average Bonchev–Trinajstić information content (AvgIpc) is 3.04. The topological polar surface area (TPSA) is 287 Å². The van der Waals surface area contributed by atoms with E-state index in [1.807, 2.05) is 0 Å². The van der Waals surface area contributed by atoms with Gasteiger partial charge in [-0.05, 0) is 20.3 Å². The van der Waals surface area contributed by atoms with Gasteiger partial charge < -0.3 is 89.3 Å². The molecule has 3 heterocycles. The lowest BCUT2D eigenvalue weighted by Gasteiger charge is -2.44. The van der Waals surface area contributed by atoms with E-state index in [9.17, 15) is 56.2 Å². The molecule has 0 aromatic rings. The van der Waals surface area contributed by atoms with Crippen LogP contribution >= 0.6 is 0 Å². The van der Waals surface area contributed by atoms with Gasteiger partial charge in [0, 0.05) is 5.92 Å². The Hall–Kier alpha value is -0.720. The number of aliphatic hydroxyl groups is 11. The Kier molecular flexibility index (Phi) is 15.4. The van der Waals surface area contributed by atoms with Crippen LogP contribution in [0.3, 0.4) is 0 Å². The standard InChI is InChI=1S/C28H52O18/c1-5-13-19(34)25(20(35)16(8-31)43-13)46-26(10(2)9-40-27-23(38)21(36)17(32)12(4)42-27)44-14(6-29)11(3)41-28-24(39)22(37)18(33)15(7-30)45-28/h10-39H,5-9H2,1-4H3/t10-,11-,12?,13-,14?,15?,16?,17+,18-,19?,20-,21+,22?,23?,24?,25+,26-,27+,28+/m0/s1. The predicted molar refractivity (Wildman–Crippen MR) is 150 cm³/mol. The third-order valence-corrected chi connectivity index (χ3v) is 8.66. The largest absolute Gasteiger partial charge is 0.394 e. The summed E-state index contributed by atoms with van der Waals surface area (Å²) >= 11 is 0. The number of aliphatic hydroxyl groups excluding tert-OH is 11. The maximum atomic E-state index is 11.0. The summed E-state index contributed by atoms with van der Waals surface area (Å²) in [5.74, 6) is -0.821. The lowest BCUT2D eigenvalue weighted by molar-refractivity contribution is -0.336. The SMILES string of the molecule is CC[C@@H]1OC(CO)[C@H](O)[C@H](O[C@H](OC(CO)[C@H](C)O[C@@H]2OC(CO)[C@H](O)C(O)C2O)[C@@H](C)CO[C@@H]2OC(C)[C@@H](O)[C@@H](O)C2O)C1O. The van der Waals surface area contributed by atoms with E-state index in [0.29, 0.717) is 6.42 Å². The molecule has 18 nitrogen and oxygen atoms in total. The zero-order valence-electron chi connectivity index (χ0n) is 26.3. The highest BCUT2D eigenvalue weighted by Crippen LogP contribution is 2.30. The van der Waals surface area contributed by atoms with Gasteiger partial charge in [0.1, 0.15) is 73.2 Å². The van der Waals surface area contributed by atoms with Gasteiger partial charge in [-0.2, -0.15) is 0 Å². The Morgan fingerprint density at radius 3 is 1.78 bits per heavy atom. The maximum Gasteiger partial charge on any atom is 0.187 e.